The number of nitrogens with zero attached hydrogens (tertiary/aromatic N) is 3. The van der Waals surface area contributed by atoms with Crippen LogP contribution in [0.5, 0.6) is 0 Å². The minimum atomic E-state index is -3.31. The molecule has 1 aromatic carbocycles. The number of rotatable bonds is 8. The summed E-state index contributed by atoms with van der Waals surface area (Å²) in [7, 11) is -3.31. The molecule has 0 aliphatic rings. The molecule has 0 saturated heterocycles. The number of carbonyl (C=O) groups is 1. The van der Waals surface area contributed by atoms with E-state index in [0.717, 1.165) is 0 Å². The Morgan fingerprint density at radius 1 is 1.26 bits per heavy atom. The number of aryl methyl sites for hydroxylation is 1. The molecule has 7 nitrogen and oxygen atoms in total. The quantitative estimate of drug-likeness (QED) is 0.673. The summed E-state index contributed by atoms with van der Waals surface area (Å²) < 4.78 is 30.8. The normalized spacial score (nSPS) is 11.3. The van der Waals surface area contributed by atoms with Crippen LogP contribution in [0.25, 0.3) is 0 Å². The Balaban J connectivity index is 1.92. The number of sulfone groups is 1. The number of ether oxygens (including phenoxy) is 1. The Hall–Kier alpha value is -2.22. The molecule has 2 rings (SSSR count). The van der Waals surface area contributed by atoms with Crippen LogP contribution >= 0.6 is 0 Å². The third-order valence-electron chi connectivity index (χ3n) is 3.19. The summed E-state index contributed by atoms with van der Waals surface area (Å²) in [6.07, 6.45) is 1.76. The molecule has 1 aromatic heterocycles. The zero-order valence-corrected chi connectivity index (χ0v) is 13.7. The second-order valence-corrected chi connectivity index (χ2v) is 6.98. The molecular formula is C15H19N3O4S. The van der Waals surface area contributed by atoms with Crippen molar-refractivity contribution < 1.29 is 17.9 Å². The Labute approximate surface area is 135 Å². The molecule has 0 aliphatic heterocycles. The number of hydrogen-bond donors (Lipinski definition) is 0. The molecule has 8 heteroatoms. The van der Waals surface area contributed by atoms with Crippen LogP contribution in [0.15, 0.2) is 41.6 Å². The lowest BCUT2D eigenvalue weighted by atomic mass is 10.4. The monoisotopic (exact) mass is 337 g/mol. The van der Waals surface area contributed by atoms with Crippen molar-refractivity contribution in [2.24, 2.45) is 0 Å². The van der Waals surface area contributed by atoms with Gasteiger partial charge in [-0.2, -0.15) is 5.10 Å². The van der Waals surface area contributed by atoms with Gasteiger partial charge in [0.25, 0.3) is 0 Å². The minimum Gasteiger partial charge on any atom is -0.466 e. The highest BCUT2D eigenvalue weighted by Gasteiger charge is 2.15. The second kappa shape index (κ2) is 7.87. The largest absolute Gasteiger partial charge is 0.466 e. The molecule has 0 atom stereocenters. The summed E-state index contributed by atoms with van der Waals surface area (Å²) in [5.41, 5.74) is 0. The summed E-state index contributed by atoms with van der Waals surface area (Å²) >= 11 is 0. The molecule has 124 valence electrons. The lowest BCUT2D eigenvalue weighted by Crippen LogP contribution is -2.15. The number of aromatic nitrogens is 3. The first kappa shape index (κ1) is 17.1. The molecule has 0 spiro atoms. The first-order chi connectivity index (χ1) is 11.0. The van der Waals surface area contributed by atoms with Crippen LogP contribution in [0, 0.1) is 0 Å². The zero-order valence-electron chi connectivity index (χ0n) is 12.9. The summed E-state index contributed by atoms with van der Waals surface area (Å²) in [5.74, 6) is 0.106. The molecule has 1 heterocycles. The van der Waals surface area contributed by atoms with Crippen molar-refractivity contribution in [3.8, 4) is 0 Å². The molecule has 0 saturated carbocycles. The highest BCUT2D eigenvalue weighted by atomic mass is 32.2. The molecule has 0 N–H and O–H groups in total. The summed E-state index contributed by atoms with van der Waals surface area (Å²) in [4.78, 5) is 15.8. The van der Waals surface area contributed by atoms with Gasteiger partial charge >= 0.3 is 5.97 Å². The SMILES string of the molecule is CCOC(=O)Cc1ncnn1CCCS(=O)(=O)c1ccccc1. The molecule has 23 heavy (non-hydrogen) atoms. The molecular weight excluding hydrogens is 318 g/mol. The van der Waals surface area contributed by atoms with E-state index < -0.39 is 9.84 Å². The van der Waals surface area contributed by atoms with Gasteiger partial charge in [-0.05, 0) is 25.5 Å². The molecule has 2 aromatic rings. The third kappa shape index (κ3) is 4.88. The Kier molecular flexibility index (Phi) is 5.86. The van der Waals surface area contributed by atoms with E-state index in [4.69, 9.17) is 4.74 Å². The van der Waals surface area contributed by atoms with Gasteiger partial charge in [-0.1, -0.05) is 18.2 Å². The topological polar surface area (TPSA) is 91.2 Å². The van der Waals surface area contributed by atoms with Crippen molar-refractivity contribution in [2.75, 3.05) is 12.4 Å². The van der Waals surface area contributed by atoms with Gasteiger partial charge in [0.15, 0.2) is 9.84 Å². The van der Waals surface area contributed by atoms with E-state index in [2.05, 4.69) is 10.1 Å². The molecule has 0 unspecified atom stereocenters. The van der Waals surface area contributed by atoms with Crippen molar-refractivity contribution >= 4 is 15.8 Å². The fraction of sp³-hybridized carbons (Fsp3) is 0.400. The molecule has 0 radical (unpaired) electrons. The van der Waals surface area contributed by atoms with Crippen LogP contribution in [0.2, 0.25) is 0 Å². The predicted molar refractivity (Wildman–Crippen MR) is 83.5 cm³/mol. The third-order valence-corrected chi connectivity index (χ3v) is 5.01. The highest BCUT2D eigenvalue weighted by molar-refractivity contribution is 7.91. The van der Waals surface area contributed by atoms with Gasteiger partial charge in [-0.15, -0.1) is 0 Å². The number of benzene rings is 1. The van der Waals surface area contributed by atoms with E-state index in [1.54, 1.807) is 37.3 Å². The maximum Gasteiger partial charge on any atom is 0.313 e. The molecule has 0 aliphatic carbocycles. The number of esters is 1. The summed E-state index contributed by atoms with van der Waals surface area (Å²) in [5, 5.41) is 4.02. The van der Waals surface area contributed by atoms with Crippen LogP contribution in [0.1, 0.15) is 19.2 Å². The van der Waals surface area contributed by atoms with Crippen molar-refractivity contribution in [1.82, 2.24) is 14.8 Å². The highest BCUT2D eigenvalue weighted by Crippen LogP contribution is 2.11. The standard InChI is InChI=1S/C15H19N3O4S/c1-2-22-15(19)11-14-16-12-17-18(14)9-6-10-23(20,21)13-7-4-3-5-8-13/h3-5,7-8,12H,2,6,9-11H2,1H3. The van der Waals surface area contributed by atoms with Gasteiger partial charge in [-0.25, -0.2) is 18.1 Å². The molecule has 0 amide bonds. The van der Waals surface area contributed by atoms with Gasteiger partial charge < -0.3 is 4.74 Å². The minimum absolute atomic E-state index is 0.00964. The van der Waals surface area contributed by atoms with E-state index in [-0.39, 0.29) is 18.1 Å². The zero-order chi connectivity index (χ0) is 16.7. The predicted octanol–water partition coefficient (Wildman–Crippen LogP) is 1.25. The first-order valence-corrected chi connectivity index (χ1v) is 8.98. The van der Waals surface area contributed by atoms with E-state index >= 15 is 0 Å². The van der Waals surface area contributed by atoms with Gasteiger partial charge in [0.05, 0.1) is 17.3 Å². The summed E-state index contributed by atoms with van der Waals surface area (Å²) in [6, 6.07) is 8.33. The fourth-order valence-electron chi connectivity index (χ4n) is 2.10. The van der Waals surface area contributed by atoms with Crippen LogP contribution in [-0.2, 0) is 32.3 Å². The van der Waals surface area contributed by atoms with E-state index in [0.29, 0.717) is 30.3 Å². The average Bonchev–Trinajstić information content (AvgIpc) is 2.95. The van der Waals surface area contributed by atoms with Crippen LogP contribution < -0.4 is 0 Å². The first-order valence-electron chi connectivity index (χ1n) is 7.33. The number of carbonyl (C=O) groups excluding carboxylic acids is 1. The van der Waals surface area contributed by atoms with Crippen molar-refractivity contribution in [3.05, 3.63) is 42.5 Å². The summed E-state index contributed by atoms with van der Waals surface area (Å²) in [6.45, 7) is 2.42. The maximum atomic E-state index is 12.2. The Morgan fingerprint density at radius 2 is 2.00 bits per heavy atom. The van der Waals surface area contributed by atoms with Crippen LogP contribution in [0.3, 0.4) is 0 Å². The smallest absolute Gasteiger partial charge is 0.313 e. The lowest BCUT2D eigenvalue weighted by Gasteiger charge is -2.07. The fourth-order valence-corrected chi connectivity index (χ4v) is 3.42. The van der Waals surface area contributed by atoms with Gasteiger partial charge in [0.1, 0.15) is 18.6 Å². The molecule has 0 fully saturated rings. The van der Waals surface area contributed by atoms with Gasteiger partial charge in [0, 0.05) is 6.54 Å². The van der Waals surface area contributed by atoms with Crippen molar-refractivity contribution in [2.45, 2.75) is 31.2 Å². The van der Waals surface area contributed by atoms with E-state index in [9.17, 15) is 13.2 Å². The average molecular weight is 337 g/mol. The van der Waals surface area contributed by atoms with Crippen LogP contribution in [-0.4, -0.2) is 41.5 Å². The molecule has 0 bridgehead atoms. The maximum absolute atomic E-state index is 12.2. The number of hydrogen-bond acceptors (Lipinski definition) is 6. The Bertz CT molecular complexity index is 741. The van der Waals surface area contributed by atoms with E-state index in [1.807, 2.05) is 0 Å². The van der Waals surface area contributed by atoms with Gasteiger partial charge in [-0.3, -0.25) is 4.79 Å². The van der Waals surface area contributed by atoms with Gasteiger partial charge in [0.2, 0.25) is 0 Å². The van der Waals surface area contributed by atoms with Crippen LogP contribution in [0.4, 0.5) is 0 Å². The lowest BCUT2D eigenvalue weighted by molar-refractivity contribution is -0.142. The van der Waals surface area contributed by atoms with E-state index in [1.165, 1.54) is 11.0 Å². The Morgan fingerprint density at radius 3 is 2.70 bits per heavy atom. The van der Waals surface area contributed by atoms with Crippen molar-refractivity contribution in [1.29, 1.82) is 0 Å². The second-order valence-electron chi connectivity index (χ2n) is 4.87. The van der Waals surface area contributed by atoms with Crippen molar-refractivity contribution in [3.63, 3.8) is 0 Å².